The van der Waals surface area contributed by atoms with Crippen LogP contribution in [0.3, 0.4) is 0 Å². The van der Waals surface area contributed by atoms with Gasteiger partial charge in [0, 0.05) is 10.6 Å². The van der Waals surface area contributed by atoms with Crippen molar-refractivity contribution in [3.63, 3.8) is 0 Å². The van der Waals surface area contributed by atoms with Gasteiger partial charge in [0.25, 0.3) is 0 Å². The predicted octanol–water partition coefficient (Wildman–Crippen LogP) is 3.86. The molecule has 0 spiro atoms. The fourth-order valence-electron chi connectivity index (χ4n) is 3.42. The number of aliphatic hydroxyl groups excluding tert-OH is 1. The van der Waals surface area contributed by atoms with Crippen molar-refractivity contribution in [2.24, 2.45) is 0 Å². The molecule has 2 aromatic carbocycles. The number of benzene rings is 2. The minimum absolute atomic E-state index is 0.144. The molecule has 2 unspecified atom stereocenters. The van der Waals surface area contributed by atoms with Gasteiger partial charge in [-0.3, -0.25) is 9.36 Å². The molecular weight excluding hydrogens is 544 g/mol. The van der Waals surface area contributed by atoms with Gasteiger partial charge in [-0.25, -0.2) is 9.48 Å². The molecule has 0 radical (unpaired) electrons. The van der Waals surface area contributed by atoms with Crippen molar-refractivity contribution < 1.29 is 36.2 Å². The third-order valence-corrected chi connectivity index (χ3v) is 5.68. The Labute approximate surface area is 215 Å². The van der Waals surface area contributed by atoms with E-state index >= 15 is 0 Å². The number of aromatic nitrogens is 3. The fourth-order valence-corrected chi connectivity index (χ4v) is 3.55. The second kappa shape index (κ2) is 10.5. The molecule has 1 amide bonds. The van der Waals surface area contributed by atoms with Gasteiger partial charge < -0.3 is 10.4 Å². The maximum Gasteiger partial charge on any atom is 0.416 e. The normalized spacial score (nSPS) is 14.4. The third-order valence-electron chi connectivity index (χ3n) is 5.43. The molecule has 38 heavy (non-hydrogen) atoms. The Balaban J connectivity index is 1.95. The Bertz CT molecular complexity index is 1430. The molecular formula is C23H18ClF6N5O3. The van der Waals surface area contributed by atoms with Crippen LogP contribution in [0.1, 0.15) is 18.1 Å². The Hall–Kier alpha value is -3.83. The molecule has 1 aromatic heterocycles. The van der Waals surface area contributed by atoms with E-state index < -0.39 is 54.2 Å². The Morgan fingerprint density at radius 1 is 1.13 bits per heavy atom. The van der Waals surface area contributed by atoms with Gasteiger partial charge in [0.15, 0.2) is 11.9 Å². The quantitative estimate of drug-likeness (QED) is 0.425. The molecule has 3 aromatic rings. The Morgan fingerprint density at radius 3 is 2.29 bits per heavy atom. The summed E-state index contributed by atoms with van der Waals surface area (Å²) in [5, 5.41) is 25.6. The van der Waals surface area contributed by atoms with Crippen LogP contribution in [0.5, 0.6) is 0 Å². The molecule has 0 bridgehead atoms. The summed E-state index contributed by atoms with van der Waals surface area (Å²) in [6.45, 7) is -0.993. The minimum atomic E-state index is -5.06. The lowest BCUT2D eigenvalue weighted by Crippen LogP contribution is -2.45. The van der Waals surface area contributed by atoms with Gasteiger partial charge in [0.2, 0.25) is 5.91 Å². The molecule has 2 N–H and O–H groups in total. The van der Waals surface area contributed by atoms with Gasteiger partial charge in [0.05, 0.1) is 18.2 Å². The zero-order valence-corrected chi connectivity index (χ0v) is 20.1. The molecule has 0 fully saturated rings. The largest absolute Gasteiger partial charge is 0.416 e. The van der Waals surface area contributed by atoms with E-state index in [2.05, 4.69) is 10.4 Å². The van der Waals surface area contributed by atoms with Gasteiger partial charge in [-0.1, -0.05) is 23.7 Å². The number of amides is 1. The number of rotatable bonds is 7. The van der Waals surface area contributed by atoms with E-state index in [9.17, 15) is 46.3 Å². The number of carbonyl (C=O) groups is 1. The molecule has 0 aliphatic heterocycles. The third kappa shape index (κ3) is 6.35. The molecule has 3 rings (SSSR count). The number of alkyl halides is 6. The van der Waals surface area contributed by atoms with Crippen molar-refractivity contribution in [1.29, 1.82) is 5.26 Å². The number of hydrogen-bond acceptors (Lipinski definition) is 5. The van der Waals surface area contributed by atoms with Crippen LogP contribution < -0.4 is 11.0 Å². The zero-order valence-electron chi connectivity index (χ0n) is 19.3. The van der Waals surface area contributed by atoms with Crippen LogP contribution in [0.15, 0.2) is 53.3 Å². The fraction of sp³-hybridized carbons (Fsp3) is 0.304. The van der Waals surface area contributed by atoms with Crippen molar-refractivity contribution in [1.82, 2.24) is 19.7 Å². The van der Waals surface area contributed by atoms with Crippen molar-refractivity contribution in [3.05, 3.63) is 75.2 Å². The number of carbonyl (C=O) groups excluding carboxylic acids is 1. The average Bonchev–Trinajstić information content (AvgIpc) is 3.13. The van der Waals surface area contributed by atoms with E-state index in [1.807, 2.05) is 0 Å². The van der Waals surface area contributed by atoms with E-state index in [4.69, 9.17) is 11.6 Å². The average molecular weight is 562 g/mol. The predicted molar refractivity (Wildman–Crippen MR) is 122 cm³/mol. The van der Waals surface area contributed by atoms with Crippen LogP contribution in [0.4, 0.5) is 26.3 Å². The van der Waals surface area contributed by atoms with Crippen molar-refractivity contribution in [2.45, 2.75) is 44.0 Å². The summed E-state index contributed by atoms with van der Waals surface area (Å²) in [7, 11) is 0. The molecule has 15 heteroatoms. The second-order valence-corrected chi connectivity index (χ2v) is 8.74. The highest BCUT2D eigenvalue weighted by molar-refractivity contribution is 6.30. The number of nitrogens with one attached hydrogen (secondary N) is 1. The maximum atomic E-state index is 13.1. The van der Waals surface area contributed by atoms with Crippen LogP contribution in [-0.4, -0.2) is 37.6 Å². The van der Waals surface area contributed by atoms with E-state index in [-0.39, 0.29) is 22.0 Å². The first-order valence-electron chi connectivity index (χ1n) is 10.6. The maximum absolute atomic E-state index is 13.1. The number of halogens is 7. The molecule has 0 aliphatic rings. The zero-order chi connectivity index (χ0) is 28.5. The first kappa shape index (κ1) is 28.7. The summed E-state index contributed by atoms with van der Waals surface area (Å²) in [6.07, 6.45) is -12.7. The van der Waals surface area contributed by atoms with Crippen LogP contribution in [0, 0.1) is 11.3 Å². The summed E-state index contributed by atoms with van der Waals surface area (Å²) in [5.74, 6) is -1.36. The van der Waals surface area contributed by atoms with Crippen LogP contribution in [0.25, 0.3) is 11.4 Å². The summed E-state index contributed by atoms with van der Waals surface area (Å²) in [6, 6.07) is 10.9. The highest BCUT2D eigenvalue weighted by Gasteiger charge is 2.40. The van der Waals surface area contributed by atoms with Gasteiger partial charge in [0.1, 0.15) is 12.1 Å². The molecule has 2 atom stereocenters. The molecule has 8 nitrogen and oxygen atoms in total. The highest BCUT2D eigenvalue weighted by atomic mass is 35.5. The first-order chi connectivity index (χ1) is 17.5. The van der Waals surface area contributed by atoms with Crippen LogP contribution >= 0.6 is 11.6 Å². The number of aliphatic hydroxyl groups is 1. The van der Waals surface area contributed by atoms with Gasteiger partial charge in [-0.2, -0.15) is 31.6 Å². The van der Waals surface area contributed by atoms with E-state index in [1.54, 1.807) is 6.07 Å². The highest BCUT2D eigenvalue weighted by Crippen LogP contribution is 2.32. The van der Waals surface area contributed by atoms with Gasteiger partial charge in [-0.15, -0.1) is 5.10 Å². The van der Waals surface area contributed by atoms with Crippen molar-refractivity contribution >= 4 is 17.5 Å². The minimum Gasteiger partial charge on any atom is -0.382 e. The Kier molecular flexibility index (Phi) is 7.94. The lowest BCUT2D eigenvalue weighted by atomic mass is 9.92. The molecule has 1 heterocycles. The molecule has 0 aliphatic carbocycles. The lowest BCUT2D eigenvalue weighted by molar-refractivity contribution is -0.207. The smallest absolute Gasteiger partial charge is 0.382 e. The molecule has 0 saturated carbocycles. The van der Waals surface area contributed by atoms with Gasteiger partial charge >= 0.3 is 18.0 Å². The number of nitriles is 1. The van der Waals surface area contributed by atoms with Crippen molar-refractivity contribution in [2.75, 3.05) is 0 Å². The van der Waals surface area contributed by atoms with Crippen LogP contribution in [-0.2, 0) is 29.6 Å². The number of hydrogen-bond donors (Lipinski definition) is 2. The second-order valence-electron chi connectivity index (χ2n) is 8.30. The summed E-state index contributed by atoms with van der Waals surface area (Å²) >= 11 is 5.82. The van der Waals surface area contributed by atoms with E-state index in [1.165, 1.54) is 30.3 Å². The first-order valence-corrected chi connectivity index (χ1v) is 11.0. The van der Waals surface area contributed by atoms with Crippen molar-refractivity contribution in [3.8, 4) is 17.5 Å². The summed E-state index contributed by atoms with van der Waals surface area (Å²) in [4.78, 5) is 25.6. The SMILES string of the molecule is CC(C#N)(NC(=O)Cn1nc(-c2ccc(Cl)cc2)n(CC(O)C(F)(F)F)c1=O)c1cccc(C(F)(F)F)c1. The van der Waals surface area contributed by atoms with E-state index in [0.717, 1.165) is 19.1 Å². The summed E-state index contributed by atoms with van der Waals surface area (Å²) in [5.41, 5.74) is -4.26. The standard InChI is InChI=1S/C23H18ClF6N5O3/c1-21(12-31,14-3-2-4-15(9-14)22(25,26)27)32-18(37)11-35-20(38)34(10-17(36)23(28,29)30)19(33-35)13-5-7-16(24)8-6-13/h2-9,17,36H,10-11H2,1H3,(H,32,37). The molecule has 0 saturated heterocycles. The topological polar surface area (TPSA) is 113 Å². The van der Waals surface area contributed by atoms with Gasteiger partial charge in [-0.05, 0) is 48.9 Å². The lowest BCUT2D eigenvalue weighted by Gasteiger charge is -2.24. The summed E-state index contributed by atoms with van der Waals surface area (Å²) < 4.78 is 79.3. The van der Waals surface area contributed by atoms with Crippen LogP contribution in [0.2, 0.25) is 5.02 Å². The van der Waals surface area contributed by atoms with E-state index in [0.29, 0.717) is 15.3 Å². The molecule has 202 valence electrons. The Morgan fingerprint density at radius 2 is 1.74 bits per heavy atom. The number of nitrogens with zero attached hydrogens (tertiary/aromatic N) is 4. The monoisotopic (exact) mass is 561 g/mol.